The minimum absolute atomic E-state index is 0.0856. The maximum Gasteiger partial charge on any atom is 0.511 e. The first-order valence-corrected chi connectivity index (χ1v) is 9.12. The number of azo groups is 1. The van der Waals surface area contributed by atoms with Crippen LogP contribution in [0.25, 0.3) is 0 Å². The van der Waals surface area contributed by atoms with Gasteiger partial charge in [-0.3, -0.25) is 4.79 Å². The number of para-hydroxylation sites is 1. The number of hydrogen-bond donors (Lipinski definition) is 3. The molecule has 2 rings (SSSR count). The average Bonchev–Trinajstić information content (AvgIpc) is 2.68. The van der Waals surface area contributed by atoms with Crippen LogP contribution in [-0.4, -0.2) is 36.5 Å². The molecule has 0 unspecified atom stereocenters. The summed E-state index contributed by atoms with van der Waals surface area (Å²) in [5.74, 6) is 0.460. The fraction of sp³-hybridized carbons (Fsp3) is 0.316. The van der Waals surface area contributed by atoms with Gasteiger partial charge < -0.3 is 31.0 Å². The van der Waals surface area contributed by atoms with E-state index in [2.05, 4.69) is 20.5 Å². The number of aromatic nitrogens is 1. The van der Waals surface area contributed by atoms with E-state index in [9.17, 15) is 9.59 Å². The minimum atomic E-state index is -0.832. The molecule has 0 saturated carbocycles. The molecular formula is C19H24N6O5. The van der Waals surface area contributed by atoms with Crippen LogP contribution in [0.3, 0.4) is 0 Å². The minimum Gasteiger partial charge on any atom is -0.455 e. The van der Waals surface area contributed by atoms with Crippen molar-refractivity contribution in [3.8, 4) is 5.75 Å². The second kappa shape index (κ2) is 11.3. The molecule has 0 aliphatic heterocycles. The van der Waals surface area contributed by atoms with Gasteiger partial charge in [-0.2, -0.15) is 0 Å². The molecule has 0 aliphatic carbocycles. The average molecular weight is 416 g/mol. The largest absolute Gasteiger partial charge is 0.511 e. The standard InChI is InChI=1S/C19H24N6O5/c1-12(2)30-19(27)29-11-28-15-6-4-3-5-13(15)24-25-14-7-8-16(23-18(14)21)22-17(26)9-10-20/h3-8,12H,9-11,20H2,1-2H3,(H3,21,22,23,26)/b25-24+. The van der Waals surface area contributed by atoms with Crippen molar-refractivity contribution < 1.29 is 23.8 Å². The Kier molecular flexibility index (Phi) is 8.51. The van der Waals surface area contributed by atoms with E-state index >= 15 is 0 Å². The maximum absolute atomic E-state index is 11.6. The Hall–Kier alpha value is -3.73. The van der Waals surface area contributed by atoms with E-state index in [-0.39, 0.29) is 37.6 Å². The monoisotopic (exact) mass is 416 g/mol. The van der Waals surface area contributed by atoms with Crippen LogP contribution in [-0.2, 0) is 14.3 Å². The zero-order valence-electron chi connectivity index (χ0n) is 16.7. The summed E-state index contributed by atoms with van der Waals surface area (Å²) in [4.78, 5) is 27.0. The predicted molar refractivity (Wildman–Crippen MR) is 110 cm³/mol. The second-order valence-electron chi connectivity index (χ2n) is 6.18. The number of nitrogens with zero attached hydrogens (tertiary/aromatic N) is 3. The molecule has 1 amide bonds. The highest BCUT2D eigenvalue weighted by Gasteiger charge is 2.09. The molecule has 1 aromatic carbocycles. The van der Waals surface area contributed by atoms with Crippen LogP contribution in [0.15, 0.2) is 46.6 Å². The maximum atomic E-state index is 11.6. The van der Waals surface area contributed by atoms with E-state index in [4.69, 9.17) is 25.7 Å². The Morgan fingerprint density at radius 1 is 1.13 bits per heavy atom. The highest BCUT2D eigenvalue weighted by molar-refractivity contribution is 5.90. The second-order valence-corrected chi connectivity index (χ2v) is 6.18. The van der Waals surface area contributed by atoms with Gasteiger partial charge in [0.1, 0.15) is 17.2 Å². The van der Waals surface area contributed by atoms with Gasteiger partial charge in [0.25, 0.3) is 0 Å². The molecule has 11 heteroatoms. The fourth-order valence-corrected chi connectivity index (χ4v) is 2.10. The lowest BCUT2D eigenvalue weighted by Crippen LogP contribution is -2.17. The third-order valence-electron chi connectivity index (χ3n) is 3.40. The van der Waals surface area contributed by atoms with E-state index in [1.807, 2.05) is 0 Å². The van der Waals surface area contributed by atoms with Crippen molar-refractivity contribution in [3.05, 3.63) is 36.4 Å². The zero-order chi connectivity index (χ0) is 21.9. The number of nitrogen functional groups attached to an aromatic ring is 1. The number of anilines is 2. The number of benzene rings is 1. The van der Waals surface area contributed by atoms with E-state index in [1.54, 1.807) is 50.2 Å². The van der Waals surface area contributed by atoms with Gasteiger partial charge >= 0.3 is 6.16 Å². The third-order valence-corrected chi connectivity index (χ3v) is 3.40. The van der Waals surface area contributed by atoms with Crippen LogP contribution in [0.4, 0.5) is 27.8 Å². The summed E-state index contributed by atoms with van der Waals surface area (Å²) in [7, 11) is 0. The summed E-state index contributed by atoms with van der Waals surface area (Å²) in [6, 6.07) is 9.90. The molecule has 0 fully saturated rings. The summed E-state index contributed by atoms with van der Waals surface area (Å²) in [6.07, 6.45) is -0.946. The van der Waals surface area contributed by atoms with Gasteiger partial charge in [-0.25, -0.2) is 9.78 Å². The lowest BCUT2D eigenvalue weighted by atomic mass is 10.3. The number of nitrogens with one attached hydrogen (secondary N) is 1. The molecule has 1 heterocycles. The summed E-state index contributed by atoms with van der Waals surface area (Å²) < 4.78 is 15.1. The summed E-state index contributed by atoms with van der Waals surface area (Å²) in [6.45, 7) is 3.30. The van der Waals surface area contributed by atoms with Gasteiger partial charge in [0.2, 0.25) is 12.7 Å². The lowest BCUT2D eigenvalue weighted by molar-refractivity contribution is -0.116. The van der Waals surface area contributed by atoms with E-state index < -0.39 is 6.16 Å². The van der Waals surface area contributed by atoms with Crippen LogP contribution < -0.4 is 21.5 Å². The summed E-state index contributed by atoms with van der Waals surface area (Å²) >= 11 is 0. The third kappa shape index (κ3) is 7.36. The normalized spacial score (nSPS) is 10.8. The Bertz CT molecular complexity index is 903. The van der Waals surface area contributed by atoms with E-state index in [0.717, 1.165) is 0 Å². The molecule has 5 N–H and O–H groups in total. The van der Waals surface area contributed by atoms with Gasteiger partial charge in [0.15, 0.2) is 11.6 Å². The Balaban J connectivity index is 2.02. The Labute approximate surface area is 173 Å². The van der Waals surface area contributed by atoms with Crippen molar-refractivity contribution in [2.24, 2.45) is 16.0 Å². The smallest absolute Gasteiger partial charge is 0.455 e. The number of rotatable bonds is 9. The first kappa shape index (κ1) is 22.6. The topological polar surface area (TPSA) is 164 Å². The first-order chi connectivity index (χ1) is 14.4. The van der Waals surface area contributed by atoms with Crippen molar-refractivity contribution in [1.82, 2.24) is 4.98 Å². The SMILES string of the molecule is CC(C)OC(=O)OCOc1ccccc1/N=N/c1ccc(NC(=O)CCN)nc1N. The van der Waals surface area contributed by atoms with Crippen molar-refractivity contribution in [3.63, 3.8) is 0 Å². The van der Waals surface area contributed by atoms with Gasteiger partial charge in [0.05, 0.1) is 6.10 Å². The molecule has 0 atom stereocenters. The molecule has 0 aliphatic rings. The Morgan fingerprint density at radius 2 is 1.87 bits per heavy atom. The molecule has 11 nitrogen and oxygen atoms in total. The van der Waals surface area contributed by atoms with Crippen molar-refractivity contribution >= 4 is 35.1 Å². The van der Waals surface area contributed by atoms with Gasteiger partial charge in [-0.1, -0.05) is 12.1 Å². The number of carbonyl (C=O) groups excluding carboxylic acids is 2. The predicted octanol–water partition coefficient (Wildman–Crippen LogP) is 3.26. The number of amides is 1. The molecule has 2 aromatic rings. The molecule has 0 radical (unpaired) electrons. The molecule has 30 heavy (non-hydrogen) atoms. The quantitative estimate of drug-likeness (QED) is 0.318. The van der Waals surface area contributed by atoms with Crippen molar-refractivity contribution in [2.45, 2.75) is 26.4 Å². The summed E-state index contributed by atoms with van der Waals surface area (Å²) in [5, 5.41) is 10.8. The highest BCUT2D eigenvalue weighted by atomic mass is 16.8. The van der Waals surface area contributed by atoms with E-state index in [1.165, 1.54) is 0 Å². The number of nitrogens with two attached hydrogens (primary N) is 2. The Morgan fingerprint density at radius 3 is 2.57 bits per heavy atom. The molecular weight excluding hydrogens is 392 g/mol. The van der Waals surface area contributed by atoms with Crippen LogP contribution in [0, 0.1) is 0 Å². The number of ether oxygens (including phenoxy) is 3. The van der Waals surface area contributed by atoms with Crippen LogP contribution in [0.5, 0.6) is 5.75 Å². The van der Waals surface area contributed by atoms with Crippen LogP contribution in [0.1, 0.15) is 20.3 Å². The van der Waals surface area contributed by atoms with Gasteiger partial charge in [-0.05, 0) is 38.1 Å². The van der Waals surface area contributed by atoms with Gasteiger partial charge in [-0.15, -0.1) is 10.2 Å². The molecule has 160 valence electrons. The fourth-order valence-electron chi connectivity index (χ4n) is 2.10. The highest BCUT2D eigenvalue weighted by Crippen LogP contribution is 2.30. The van der Waals surface area contributed by atoms with Crippen LogP contribution in [0.2, 0.25) is 0 Å². The van der Waals surface area contributed by atoms with Crippen molar-refractivity contribution in [1.29, 1.82) is 0 Å². The summed E-state index contributed by atoms with van der Waals surface area (Å²) in [5.41, 5.74) is 11.9. The molecule has 1 aromatic heterocycles. The van der Waals surface area contributed by atoms with E-state index in [0.29, 0.717) is 22.9 Å². The number of hydrogen-bond acceptors (Lipinski definition) is 10. The molecule has 0 saturated heterocycles. The number of carbonyl (C=O) groups is 2. The van der Waals surface area contributed by atoms with Crippen LogP contribution >= 0.6 is 0 Å². The molecule has 0 spiro atoms. The number of pyridine rings is 1. The van der Waals surface area contributed by atoms with Crippen molar-refractivity contribution in [2.75, 3.05) is 24.4 Å². The lowest BCUT2D eigenvalue weighted by Gasteiger charge is -2.10. The van der Waals surface area contributed by atoms with Gasteiger partial charge in [0, 0.05) is 13.0 Å². The first-order valence-electron chi connectivity index (χ1n) is 9.12. The zero-order valence-corrected chi connectivity index (χ0v) is 16.7. The molecule has 0 bridgehead atoms.